The fourth-order valence-electron chi connectivity index (χ4n) is 1.28. The van der Waals surface area contributed by atoms with Crippen molar-refractivity contribution in [1.29, 1.82) is 0 Å². The first kappa shape index (κ1) is 12.4. The number of ether oxygens (including phenoxy) is 1. The highest BCUT2D eigenvalue weighted by Gasteiger charge is 2.07. The van der Waals surface area contributed by atoms with Crippen molar-refractivity contribution in [3.8, 4) is 0 Å². The van der Waals surface area contributed by atoms with Crippen molar-refractivity contribution in [3.63, 3.8) is 0 Å². The molecule has 0 aliphatic carbocycles. The van der Waals surface area contributed by atoms with Gasteiger partial charge in [0, 0.05) is 13.2 Å². The lowest BCUT2D eigenvalue weighted by Gasteiger charge is -2.16. The summed E-state index contributed by atoms with van der Waals surface area (Å²) < 4.78 is 5.91. The second kappa shape index (κ2) is 6.02. The number of nitrogens with zero attached hydrogens (tertiary/aromatic N) is 2. The van der Waals surface area contributed by atoms with Gasteiger partial charge in [-0.15, -0.1) is 0 Å². The summed E-state index contributed by atoms with van der Waals surface area (Å²) in [5.74, 6) is 1.58. The van der Waals surface area contributed by atoms with Gasteiger partial charge in [-0.25, -0.2) is 9.97 Å². The van der Waals surface area contributed by atoms with Crippen molar-refractivity contribution < 1.29 is 4.74 Å². The first-order valence-electron chi connectivity index (χ1n) is 4.92. The molecule has 1 aromatic rings. The number of halogens is 1. The van der Waals surface area contributed by atoms with Crippen molar-refractivity contribution in [1.82, 2.24) is 9.97 Å². The van der Waals surface area contributed by atoms with Crippen molar-refractivity contribution >= 4 is 21.7 Å². The van der Waals surface area contributed by atoms with Crippen LogP contribution < -0.4 is 5.32 Å². The highest BCUT2D eigenvalue weighted by molar-refractivity contribution is 9.10. The largest absolute Gasteiger partial charge is 0.383 e. The third-order valence-corrected chi connectivity index (χ3v) is 2.43. The van der Waals surface area contributed by atoms with E-state index in [0.717, 1.165) is 22.7 Å². The fraction of sp³-hybridized carbons (Fsp3) is 0.600. The predicted molar refractivity (Wildman–Crippen MR) is 64.0 cm³/mol. The molecule has 1 unspecified atom stereocenters. The van der Waals surface area contributed by atoms with Crippen LogP contribution in [0.25, 0.3) is 0 Å². The normalized spacial score (nSPS) is 12.5. The molecule has 0 aliphatic heterocycles. The van der Waals surface area contributed by atoms with Gasteiger partial charge in [-0.1, -0.05) is 6.92 Å². The summed E-state index contributed by atoms with van der Waals surface area (Å²) in [4.78, 5) is 8.44. The summed E-state index contributed by atoms with van der Waals surface area (Å²) >= 11 is 3.34. The summed E-state index contributed by atoms with van der Waals surface area (Å²) in [5.41, 5.74) is 0. The van der Waals surface area contributed by atoms with Crippen LogP contribution in [0, 0.1) is 6.92 Å². The zero-order valence-corrected chi connectivity index (χ0v) is 10.8. The number of nitrogens with one attached hydrogen (secondary N) is 1. The molecule has 15 heavy (non-hydrogen) atoms. The summed E-state index contributed by atoms with van der Waals surface area (Å²) in [6.45, 7) is 4.66. The Kier molecular flexibility index (Phi) is 4.98. The first-order valence-corrected chi connectivity index (χ1v) is 5.71. The van der Waals surface area contributed by atoms with Crippen molar-refractivity contribution in [3.05, 3.63) is 16.5 Å². The van der Waals surface area contributed by atoms with E-state index in [1.165, 1.54) is 0 Å². The van der Waals surface area contributed by atoms with E-state index in [2.05, 4.69) is 38.1 Å². The van der Waals surface area contributed by atoms with Gasteiger partial charge in [0.25, 0.3) is 0 Å². The molecule has 0 saturated carbocycles. The van der Waals surface area contributed by atoms with Gasteiger partial charge in [0.1, 0.15) is 16.2 Å². The van der Waals surface area contributed by atoms with Crippen LogP contribution in [0.5, 0.6) is 0 Å². The van der Waals surface area contributed by atoms with E-state index >= 15 is 0 Å². The molecule has 5 heteroatoms. The van der Waals surface area contributed by atoms with Gasteiger partial charge in [-0.2, -0.15) is 0 Å². The summed E-state index contributed by atoms with van der Waals surface area (Å²) in [6.07, 6.45) is 0.995. The highest BCUT2D eigenvalue weighted by atomic mass is 79.9. The molecule has 1 N–H and O–H groups in total. The van der Waals surface area contributed by atoms with Crippen LogP contribution >= 0.6 is 15.9 Å². The minimum Gasteiger partial charge on any atom is -0.383 e. The Morgan fingerprint density at radius 1 is 1.53 bits per heavy atom. The first-order chi connectivity index (χ1) is 7.15. The van der Waals surface area contributed by atoms with Crippen LogP contribution in [0.4, 0.5) is 5.82 Å². The Labute approximate surface area is 98.6 Å². The van der Waals surface area contributed by atoms with Gasteiger partial charge < -0.3 is 10.1 Å². The van der Waals surface area contributed by atoms with Crippen molar-refractivity contribution in [2.24, 2.45) is 0 Å². The molecular weight excluding hydrogens is 258 g/mol. The second-order valence-corrected chi connectivity index (χ2v) is 4.14. The topological polar surface area (TPSA) is 47.0 Å². The average Bonchev–Trinajstić information content (AvgIpc) is 2.15. The molecule has 0 saturated heterocycles. The van der Waals surface area contributed by atoms with Crippen LogP contribution in [0.1, 0.15) is 19.2 Å². The summed E-state index contributed by atoms with van der Waals surface area (Å²) in [7, 11) is 1.70. The number of hydrogen-bond acceptors (Lipinski definition) is 4. The van der Waals surface area contributed by atoms with Crippen LogP contribution in [-0.2, 0) is 4.74 Å². The van der Waals surface area contributed by atoms with E-state index < -0.39 is 0 Å². The number of anilines is 1. The van der Waals surface area contributed by atoms with Crippen LogP contribution in [0.3, 0.4) is 0 Å². The molecule has 0 aromatic carbocycles. The smallest absolute Gasteiger partial charge is 0.131 e. The summed E-state index contributed by atoms with van der Waals surface area (Å²) in [5, 5.41) is 3.31. The van der Waals surface area contributed by atoms with E-state index in [1.54, 1.807) is 7.11 Å². The lowest BCUT2D eigenvalue weighted by atomic mass is 10.2. The van der Waals surface area contributed by atoms with Crippen molar-refractivity contribution in [2.45, 2.75) is 26.3 Å². The van der Waals surface area contributed by atoms with Crippen LogP contribution in [0.15, 0.2) is 10.7 Å². The number of aryl methyl sites for hydroxylation is 1. The highest BCUT2D eigenvalue weighted by Crippen LogP contribution is 2.13. The maximum absolute atomic E-state index is 5.11. The number of methoxy groups -OCH3 is 1. The average molecular weight is 274 g/mol. The van der Waals surface area contributed by atoms with Gasteiger partial charge in [0.05, 0.1) is 12.6 Å². The molecule has 0 spiro atoms. The Morgan fingerprint density at radius 2 is 2.27 bits per heavy atom. The van der Waals surface area contributed by atoms with Crippen LogP contribution in [-0.4, -0.2) is 29.7 Å². The lowest BCUT2D eigenvalue weighted by Crippen LogP contribution is -2.24. The van der Waals surface area contributed by atoms with Crippen LogP contribution in [0.2, 0.25) is 0 Å². The third kappa shape index (κ3) is 4.13. The molecule has 1 heterocycles. The second-order valence-electron chi connectivity index (χ2n) is 3.33. The third-order valence-electron chi connectivity index (χ3n) is 2.02. The van der Waals surface area contributed by atoms with E-state index in [1.807, 2.05) is 13.0 Å². The minimum atomic E-state index is 0.288. The number of aromatic nitrogens is 2. The molecule has 0 fully saturated rings. The zero-order chi connectivity index (χ0) is 11.3. The summed E-state index contributed by atoms with van der Waals surface area (Å²) in [6, 6.07) is 2.15. The minimum absolute atomic E-state index is 0.288. The monoisotopic (exact) mass is 273 g/mol. The molecule has 0 amide bonds. The van der Waals surface area contributed by atoms with E-state index in [-0.39, 0.29) is 6.04 Å². The number of rotatable bonds is 5. The maximum Gasteiger partial charge on any atom is 0.131 e. The lowest BCUT2D eigenvalue weighted by molar-refractivity contribution is 0.184. The molecule has 1 aromatic heterocycles. The Bertz CT molecular complexity index is 299. The quantitative estimate of drug-likeness (QED) is 0.837. The van der Waals surface area contributed by atoms with E-state index in [4.69, 9.17) is 4.74 Å². The standard InChI is InChI=1S/C10H16BrN3O/c1-4-8(6-15-3)14-10-5-9(11)12-7(2)13-10/h5,8H,4,6H2,1-3H3,(H,12,13,14). The van der Waals surface area contributed by atoms with Crippen molar-refractivity contribution in [2.75, 3.05) is 19.0 Å². The molecule has 0 bridgehead atoms. The van der Waals surface area contributed by atoms with E-state index in [0.29, 0.717) is 6.61 Å². The molecule has 0 aliphatic rings. The predicted octanol–water partition coefficient (Wildman–Crippen LogP) is 2.38. The SMILES string of the molecule is CCC(COC)Nc1cc(Br)nc(C)n1. The Balaban J connectivity index is 2.69. The van der Waals surface area contributed by atoms with Gasteiger partial charge in [-0.05, 0) is 29.3 Å². The van der Waals surface area contributed by atoms with Gasteiger partial charge in [-0.3, -0.25) is 0 Å². The van der Waals surface area contributed by atoms with Gasteiger partial charge in [0.2, 0.25) is 0 Å². The molecular formula is C10H16BrN3O. The van der Waals surface area contributed by atoms with E-state index in [9.17, 15) is 0 Å². The van der Waals surface area contributed by atoms with Gasteiger partial charge >= 0.3 is 0 Å². The fourth-order valence-corrected chi connectivity index (χ4v) is 1.75. The molecule has 1 atom stereocenters. The Morgan fingerprint density at radius 3 is 2.80 bits per heavy atom. The molecule has 1 rings (SSSR count). The van der Waals surface area contributed by atoms with Gasteiger partial charge in [0.15, 0.2) is 0 Å². The molecule has 0 radical (unpaired) electrons. The Hall–Kier alpha value is -0.680. The molecule has 84 valence electrons. The number of hydrogen-bond donors (Lipinski definition) is 1. The zero-order valence-electron chi connectivity index (χ0n) is 9.25. The maximum atomic E-state index is 5.11. The molecule has 4 nitrogen and oxygen atoms in total.